The third-order valence-corrected chi connectivity index (χ3v) is 11.0. The molecular formula is C44H36BNO2. The lowest BCUT2D eigenvalue weighted by Gasteiger charge is -2.34. The SMILES string of the molecule is CC1(C)OB(c2ccc(-c3nc4ccccc4c4ccc5c(c34)-c3ccccc3C5(c3ccccc3)c3ccccc3)cc2)OC1(C)C. The van der Waals surface area contributed by atoms with Gasteiger partial charge in [-0.15, -0.1) is 0 Å². The highest BCUT2D eigenvalue weighted by Gasteiger charge is 2.52. The number of hydrogen-bond donors (Lipinski definition) is 0. The Morgan fingerprint density at radius 2 is 1.10 bits per heavy atom. The first-order valence-corrected chi connectivity index (χ1v) is 16.8. The van der Waals surface area contributed by atoms with Gasteiger partial charge in [0.25, 0.3) is 0 Å². The zero-order valence-corrected chi connectivity index (χ0v) is 27.7. The van der Waals surface area contributed by atoms with Crippen LogP contribution in [-0.2, 0) is 14.7 Å². The van der Waals surface area contributed by atoms with E-state index >= 15 is 0 Å². The second-order valence-corrected chi connectivity index (χ2v) is 14.1. The molecule has 0 N–H and O–H groups in total. The van der Waals surface area contributed by atoms with Crippen LogP contribution < -0.4 is 5.46 Å². The van der Waals surface area contributed by atoms with E-state index in [-0.39, 0.29) is 0 Å². The first kappa shape index (κ1) is 29.1. The van der Waals surface area contributed by atoms with Crippen LogP contribution in [0, 0.1) is 0 Å². The Bertz CT molecular complexity index is 2290. The fourth-order valence-electron chi connectivity index (χ4n) is 7.96. The highest BCUT2D eigenvalue weighted by molar-refractivity contribution is 6.62. The normalized spacial score (nSPS) is 17.0. The molecule has 1 saturated heterocycles. The van der Waals surface area contributed by atoms with Gasteiger partial charge in [0.1, 0.15) is 0 Å². The second-order valence-electron chi connectivity index (χ2n) is 14.1. The van der Waals surface area contributed by atoms with Crippen LogP contribution in [0.5, 0.6) is 0 Å². The fraction of sp³-hybridized carbons (Fsp3) is 0.159. The number of pyridine rings is 1. The maximum atomic E-state index is 6.39. The predicted molar refractivity (Wildman–Crippen MR) is 198 cm³/mol. The summed E-state index contributed by atoms with van der Waals surface area (Å²) < 4.78 is 12.8. The molecule has 232 valence electrons. The number of hydrogen-bond acceptors (Lipinski definition) is 3. The van der Waals surface area contributed by atoms with Crippen molar-refractivity contribution in [2.24, 2.45) is 0 Å². The summed E-state index contributed by atoms with van der Waals surface area (Å²) >= 11 is 0. The van der Waals surface area contributed by atoms with Crippen LogP contribution in [0.15, 0.2) is 146 Å². The Hall–Kier alpha value is -5.03. The van der Waals surface area contributed by atoms with E-state index in [1.807, 2.05) is 0 Å². The number of benzene rings is 6. The number of fused-ring (bicyclic) bond motifs is 7. The molecule has 0 unspecified atom stereocenters. The lowest BCUT2D eigenvalue weighted by molar-refractivity contribution is 0.00578. The first-order valence-electron chi connectivity index (χ1n) is 16.8. The fourth-order valence-corrected chi connectivity index (χ4v) is 7.96. The average molecular weight is 622 g/mol. The Morgan fingerprint density at radius 3 is 1.77 bits per heavy atom. The second kappa shape index (κ2) is 10.5. The van der Waals surface area contributed by atoms with Crippen LogP contribution in [0.2, 0.25) is 0 Å². The lowest BCUT2D eigenvalue weighted by atomic mass is 9.67. The minimum absolute atomic E-state index is 0.398. The molecule has 0 atom stereocenters. The van der Waals surface area contributed by atoms with Gasteiger partial charge in [0.05, 0.1) is 27.8 Å². The first-order chi connectivity index (χ1) is 23.3. The summed E-state index contributed by atoms with van der Waals surface area (Å²) in [7, 11) is -0.418. The molecule has 0 radical (unpaired) electrons. The summed E-state index contributed by atoms with van der Waals surface area (Å²) in [6.07, 6.45) is 0. The van der Waals surface area contributed by atoms with Crippen LogP contribution >= 0.6 is 0 Å². The third-order valence-electron chi connectivity index (χ3n) is 11.0. The van der Waals surface area contributed by atoms with Crippen molar-refractivity contribution in [2.45, 2.75) is 44.3 Å². The Labute approximate surface area is 282 Å². The minimum atomic E-state index is -0.480. The maximum absolute atomic E-state index is 6.39. The zero-order valence-electron chi connectivity index (χ0n) is 27.7. The van der Waals surface area contributed by atoms with Crippen molar-refractivity contribution in [1.29, 1.82) is 0 Å². The van der Waals surface area contributed by atoms with E-state index in [2.05, 4.69) is 173 Å². The largest absolute Gasteiger partial charge is 0.494 e. The molecule has 2 aliphatic rings. The van der Waals surface area contributed by atoms with Gasteiger partial charge in [0.15, 0.2) is 0 Å². The van der Waals surface area contributed by atoms with E-state index in [0.717, 1.165) is 27.6 Å². The highest BCUT2D eigenvalue weighted by atomic mass is 16.7. The van der Waals surface area contributed by atoms with Crippen molar-refractivity contribution >= 4 is 34.3 Å². The smallest absolute Gasteiger partial charge is 0.399 e. The summed E-state index contributed by atoms with van der Waals surface area (Å²) in [5.74, 6) is 0. The van der Waals surface area contributed by atoms with Gasteiger partial charge in [0, 0.05) is 16.3 Å². The molecule has 0 saturated carbocycles. The standard InChI is InChI=1S/C44H36BNO2/c1-42(2)43(3,4)48-45(47-42)32-25-23-29(24-26-32)41-40-34(33-19-12-14-22-38(33)46-41)27-28-37-39(40)35-20-11-13-21-36(35)44(37,30-15-7-5-8-16-30)31-17-9-6-10-18-31/h5-28H,1-4H3. The van der Waals surface area contributed by atoms with Crippen molar-refractivity contribution in [3.05, 3.63) is 168 Å². The summed E-state index contributed by atoms with van der Waals surface area (Å²) in [6, 6.07) is 52.7. The molecule has 0 bridgehead atoms. The average Bonchev–Trinajstić information content (AvgIpc) is 3.55. The minimum Gasteiger partial charge on any atom is -0.399 e. The molecule has 9 rings (SSSR count). The third kappa shape index (κ3) is 4.06. The van der Waals surface area contributed by atoms with Crippen molar-refractivity contribution in [3.8, 4) is 22.4 Å². The molecule has 1 fully saturated rings. The van der Waals surface area contributed by atoms with Crippen LogP contribution in [0.3, 0.4) is 0 Å². The number of para-hydroxylation sites is 1. The predicted octanol–water partition coefficient (Wildman–Crippen LogP) is 9.72. The van der Waals surface area contributed by atoms with Gasteiger partial charge in [0.2, 0.25) is 0 Å². The topological polar surface area (TPSA) is 31.4 Å². The van der Waals surface area contributed by atoms with Crippen molar-refractivity contribution in [2.75, 3.05) is 0 Å². The van der Waals surface area contributed by atoms with Gasteiger partial charge >= 0.3 is 7.12 Å². The van der Waals surface area contributed by atoms with Crippen molar-refractivity contribution in [3.63, 3.8) is 0 Å². The number of rotatable bonds is 4. The van der Waals surface area contributed by atoms with Crippen LogP contribution in [-0.4, -0.2) is 23.3 Å². The molecule has 3 nitrogen and oxygen atoms in total. The molecule has 0 amide bonds. The molecule has 4 heteroatoms. The van der Waals surface area contributed by atoms with E-state index in [0.29, 0.717) is 0 Å². The van der Waals surface area contributed by atoms with Gasteiger partial charge in [-0.1, -0.05) is 140 Å². The molecule has 0 spiro atoms. The highest BCUT2D eigenvalue weighted by Crippen LogP contribution is 2.58. The lowest BCUT2D eigenvalue weighted by Crippen LogP contribution is -2.41. The molecule has 1 aliphatic carbocycles. The Kier molecular flexibility index (Phi) is 6.37. The Balaban J connectivity index is 1.34. The van der Waals surface area contributed by atoms with E-state index in [9.17, 15) is 0 Å². The zero-order chi connectivity index (χ0) is 32.7. The number of aromatic nitrogens is 1. The van der Waals surface area contributed by atoms with Gasteiger partial charge in [-0.05, 0) is 78.0 Å². The summed E-state index contributed by atoms with van der Waals surface area (Å²) in [4.78, 5) is 5.43. The molecule has 48 heavy (non-hydrogen) atoms. The number of nitrogens with zero attached hydrogens (tertiary/aromatic N) is 1. The van der Waals surface area contributed by atoms with Crippen molar-refractivity contribution in [1.82, 2.24) is 4.98 Å². The van der Waals surface area contributed by atoms with Gasteiger partial charge < -0.3 is 9.31 Å². The van der Waals surface area contributed by atoms with Gasteiger partial charge in [-0.3, -0.25) is 0 Å². The quantitative estimate of drug-likeness (QED) is 0.145. The van der Waals surface area contributed by atoms with Gasteiger partial charge in [-0.25, -0.2) is 4.98 Å². The van der Waals surface area contributed by atoms with E-state index in [1.165, 1.54) is 44.2 Å². The van der Waals surface area contributed by atoms with Crippen LogP contribution in [0.4, 0.5) is 0 Å². The summed E-state index contributed by atoms with van der Waals surface area (Å²) in [6.45, 7) is 8.37. The summed E-state index contributed by atoms with van der Waals surface area (Å²) in [5.41, 5.74) is 10.3. The molecule has 2 heterocycles. The molecule has 1 aliphatic heterocycles. The van der Waals surface area contributed by atoms with Crippen molar-refractivity contribution < 1.29 is 9.31 Å². The Morgan fingerprint density at radius 1 is 0.521 bits per heavy atom. The van der Waals surface area contributed by atoms with E-state index in [4.69, 9.17) is 14.3 Å². The summed E-state index contributed by atoms with van der Waals surface area (Å²) in [5, 5.41) is 3.54. The van der Waals surface area contributed by atoms with Crippen LogP contribution in [0.25, 0.3) is 44.1 Å². The van der Waals surface area contributed by atoms with Gasteiger partial charge in [-0.2, -0.15) is 0 Å². The molecule has 6 aromatic carbocycles. The molecule has 1 aromatic heterocycles. The van der Waals surface area contributed by atoms with E-state index < -0.39 is 23.7 Å². The monoisotopic (exact) mass is 621 g/mol. The van der Waals surface area contributed by atoms with E-state index in [1.54, 1.807) is 0 Å². The van der Waals surface area contributed by atoms with Crippen LogP contribution in [0.1, 0.15) is 49.9 Å². The maximum Gasteiger partial charge on any atom is 0.494 e. The molecule has 7 aromatic rings. The molecular weight excluding hydrogens is 585 g/mol.